The van der Waals surface area contributed by atoms with E-state index >= 15 is 0 Å². The predicted octanol–water partition coefficient (Wildman–Crippen LogP) is 2.09. The van der Waals surface area contributed by atoms with Gasteiger partial charge in [0.1, 0.15) is 0 Å². The van der Waals surface area contributed by atoms with Gasteiger partial charge in [-0.25, -0.2) is 5.06 Å². The Bertz CT molecular complexity index is 403. The summed E-state index contributed by atoms with van der Waals surface area (Å²) < 4.78 is 0. The first-order valence-corrected chi connectivity index (χ1v) is 5.56. The molecule has 0 bridgehead atoms. The lowest BCUT2D eigenvalue weighted by molar-refractivity contribution is -0.144. The van der Waals surface area contributed by atoms with Crippen LogP contribution in [-0.2, 0) is 4.84 Å². The number of nitrogen functional groups attached to an aromatic ring is 1. The summed E-state index contributed by atoms with van der Waals surface area (Å²) in [5, 5.41) is 1.89. The third-order valence-electron chi connectivity index (χ3n) is 2.47. The van der Waals surface area contributed by atoms with Crippen molar-refractivity contribution in [2.75, 3.05) is 18.9 Å². The van der Waals surface area contributed by atoms with Gasteiger partial charge in [0, 0.05) is 17.3 Å². The van der Waals surface area contributed by atoms with Crippen molar-refractivity contribution in [3.8, 4) is 0 Å². The SMILES string of the molecule is Nc1cc(Cl)ccc1C(=O)N1CCCCO1. The predicted molar refractivity (Wildman–Crippen MR) is 62.1 cm³/mol. The van der Waals surface area contributed by atoms with Crippen LogP contribution in [0.2, 0.25) is 5.02 Å². The van der Waals surface area contributed by atoms with Crippen LogP contribution < -0.4 is 5.73 Å². The minimum atomic E-state index is -0.200. The van der Waals surface area contributed by atoms with Gasteiger partial charge in [-0.05, 0) is 31.0 Å². The first-order chi connectivity index (χ1) is 7.68. The van der Waals surface area contributed by atoms with Crippen LogP contribution in [-0.4, -0.2) is 24.1 Å². The molecule has 1 aromatic rings. The van der Waals surface area contributed by atoms with E-state index in [-0.39, 0.29) is 5.91 Å². The zero-order valence-electron chi connectivity index (χ0n) is 8.78. The minimum absolute atomic E-state index is 0.200. The number of carbonyl (C=O) groups excluding carboxylic acids is 1. The fourth-order valence-electron chi connectivity index (χ4n) is 1.62. The molecule has 0 aliphatic carbocycles. The van der Waals surface area contributed by atoms with Gasteiger partial charge < -0.3 is 5.73 Å². The molecule has 16 heavy (non-hydrogen) atoms. The molecule has 1 heterocycles. The van der Waals surface area contributed by atoms with Crippen molar-refractivity contribution in [1.82, 2.24) is 5.06 Å². The number of carbonyl (C=O) groups is 1. The van der Waals surface area contributed by atoms with Crippen LogP contribution in [0.3, 0.4) is 0 Å². The molecule has 1 saturated heterocycles. The molecule has 0 spiro atoms. The molecule has 0 saturated carbocycles. The van der Waals surface area contributed by atoms with Gasteiger partial charge in [-0.1, -0.05) is 11.6 Å². The monoisotopic (exact) mass is 240 g/mol. The molecule has 1 fully saturated rings. The second-order valence-corrected chi connectivity index (χ2v) is 4.12. The largest absolute Gasteiger partial charge is 0.398 e. The van der Waals surface area contributed by atoms with E-state index in [0.29, 0.717) is 29.4 Å². The number of nitrogens with two attached hydrogens (primary N) is 1. The highest BCUT2D eigenvalue weighted by Crippen LogP contribution is 2.20. The molecule has 0 unspecified atom stereocenters. The van der Waals surface area contributed by atoms with Crippen molar-refractivity contribution in [3.05, 3.63) is 28.8 Å². The van der Waals surface area contributed by atoms with Crippen molar-refractivity contribution in [2.45, 2.75) is 12.8 Å². The zero-order chi connectivity index (χ0) is 11.5. The summed E-state index contributed by atoms with van der Waals surface area (Å²) in [6.45, 7) is 1.19. The quantitative estimate of drug-likeness (QED) is 0.765. The third kappa shape index (κ3) is 2.28. The standard InChI is InChI=1S/C11H13ClN2O2/c12-8-3-4-9(10(13)7-8)11(15)14-5-1-2-6-16-14/h3-4,7H,1-2,5-6,13H2. The van der Waals surface area contributed by atoms with Crippen molar-refractivity contribution in [3.63, 3.8) is 0 Å². The summed E-state index contributed by atoms with van der Waals surface area (Å²) in [4.78, 5) is 17.3. The summed E-state index contributed by atoms with van der Waals surface area (Å²) in [5.74, 6) is -0.200. The molecule has 1 amide bonds. The van der Waals surface area contributed by atoms with E-state index < -0.39 is 0 Å². The van der Waals surface area contributed by atoms with Crippen LogP contribution >= 0.6 is 11.6 Å². The number of nitrogens with zero attached hydrogens (tertiary/aromatic N) is 1. The fraction of sp³-hybridized carbons (Fsp3) is 0.364. The Hall–Kier alpha value is -1.26. The first-order valence-electron chi connectivity index (χ1n) is 5.18. The van der Waals surface area contributed by atoms with Crippen LogP contribution in [0.1, 0.15) is 23.2 Å². The Morgan fingerprint density at radius 1 is 1.44 bits per heavy atom. The molecule has 1 aliphatic heterocycles. The Balaban J connectivity index is 2.19. The number of rotatable bonds is 1. The topological polar surface area (TPSA) is 55.6 Å². The Morgan fingerprint density at radius 3 is 2.88 bits per heavy atom. The van der Waals surface area contributed by atoms with Gasteiger partial charge in [0.15, 0.2) is 0 Å². The number of hydroxylamine groups is 2. The van der Waals surface area contributed by atoms with Crippen molar-refractivity contribution in [2.24, 2.45) is 0 Å². The highest BCUT2D eigenvalue weighted by Gasteiger charge is 2.21. The Labute approximate surface area is 98.9 Å². The summed E-state index contributed by atoms with van der Waals surface area (Å²) in [7, 11) is 0. The van der Waals surface area contributed by atoms with Crippen LogP contribution in [0.25, 0.3) is 0 Å². The van der Waals surface area contributed by atoms with Crippen LogP contribution in [0, 0.1) is 0 Å². The molecule has 2 N–H and O–H groups in total. The summed E-state index contributed by atoms with van der Waals surface area (Å²) >= 11 is 5.77. The molecular formula is C11H13ClN2O2. The van der Waals surface area contributed by atoms with Gasteiger partial charge >= 0.3 is 0 Å². The van der Waals surface area contributed by atoms with Gasteiger partial charge in [0.25, 0.3) is 5.91 Å². The molecule has 4 nitrogen and oxygen atoms in total. The molecule has 1 aromatic carbocycles. The zero-order valence-corrected chi connectivity index (χ0v) is 9.54. The van der Waals surface area contributed by atoms with Crippen molar-refractivity contribution < 1.29 is 9.63 Å². The lowest BCUT2D eigenvalue weighted by Crippen LogP contribution is -2.36. The molecule has 0 aromatic heterocycles. The molecule has 2 rings (SSSR count). The van der Waals surface area contributed by atoms with Crippen molar-refractivity contribution >= 4 is 23.2 Å². The average Bonchev–Trinajstić information content (AvgIpc) is 2.29. The normalized spacial score (nSPS) is 16.2. The first kappa shape index (κ1) is 11.2. The van der Waals surface area contributed by atoms with Gasteiger partial charge in [-0.2, -0.15) is 0 Å². The molecule has 5 heteroatoms. The van der Waals surface area contributed by atoms with E-state index in [0.717, 1.165) is 12.8 Å². The molecule has 0 radical (unpaired) electrons. The van der Waals surface area contributed by atoms with Gasteiger partial charge in [0.2, 0.25) is 0 Å². The molecule has 86 valence electrons. The summed E-state index contributed by atoms with van der Waals surface area (Å²) in [5.41, 5.74) is 6.56. The van der Waals surface area contributed by atoms with E-state index in [1.165, 1.54) is 5.06 Å². The number of hydrogen-bond acceptors (Lipinski definition) is 3. The van der Waals surface area contributed by atoms with Crippen LogP contribution in [0.4, 0.5) is 5.69 Å². The summed E-state index contributed by atoms with van der Waals surface area (Å²) in [6, 6.07) is 4.84. The molecule has 0 atom stereocenters. The maximum Gasteiger partial charge on any atom is 0.279 e. The smallest absolute Gasteiger partial charge is 0.279 e. The van der Waals surface area contributed by atoms with E-state index in [1.54, 1.807) is 18.2 Å². The van der Waals surface area contributed by atoms with E-state index in [2.05, 4.69) is 0 Å². The minimum Gasteiger partial charge on any atom is -0.398 e. The molecular weight excluding hydrogens is 228 g/mol. The van der Waals surface area contributed by atoms with Crippen molar-refractivity contribution in [1.29, 1.82) is 0 Å². The highest BCUT2D eigenvalue weighted by atomic mass is 35.5. The molecule has 1 aliphatic rings. The third-order valence-corrected chi connectivity index (χ3v) is 2.71. The number of halogens is 1. The highest BCUT2D eigenvalue weighted by molar-refractivity contribution is 6.31. The van der Waals surface area contributed by atoms with Crippen LogP contribution in [0.15, 0.2) is 18.2 Å². The van der Waals surface area contributed by atoms with E-state index in [4.69, 9.17) is 22.2 Å². The second-order valence-electron chi connectivity index (χ2n) is 3.68. The van der Waals surface area contributed by atoms with Crippen LogP contribution in [0.5, 0.6) is 0 Å². The average molecular weight is 241 g/mol. The number of benzene rings is 1. The van der Waals surface area contributed by atoms with Gasteiger partial charge in [0.05, 0.1) is 12.2 Å². The number of amides is 1. The van der Waals surface area contributed by atoms with Gasteiger partial charge in [-0.3, -0.25) is 9.63 Å². The maximum atomic E-state index is 12.0. The number of hydrogen-bond donors (Lipinski definition) is 1. The van der Waals surface area contributed by atoms with E-state index in [9.17, 15) is 4.79 Å². The fourth-order valence-corrected chi connectivity index (χ4v) is 1.80. The number of anilines is 1. The Morgan fingerprint density at radius 2 is 2.25 bits per heavy atom. The Kier molecular flexibility index (Phi) is 3.31. The maximum absolute atomic E-state index is 12.0. The van der Waals surface area contributed by atoms with Gasteiger partial charge in [-0.15, -0.1) is 0 Å². The summed E-state index contributed by atoms with van der Waals surface area (Å²) in [6.07, 6.45) is 1.94. The van der Waals surface area contributed by atoms with E-state index in [1.807, 2.05) is 0 Å². The lowest BCUT2D eigenvalue weighted by atomic mass is 10.1. The lowest BCUT2D eigenvalue weighted by Gasteiger charge is -2.26. The second kappa shape index (κ2) is 4.72.